The van der Waals surface area contributed by atoms with Gasteiger partial charge in [-0.25, -0.2) is 5.43 Å². The summed E-state index contributed by atoms with van der Waals surface area (Å²) >= 11 is 13.5. The van der Waals surface area contributed by atoms with Gasteiger partial charge in [-0.05, 0) is 51.3 Å². The first-order chi connectivity index (χ1) is 14.9. The SMILES string of the molecule is COc1cc(/C=N\NC(=O)CSc2nnc(SCc3ccc(Cl)cc3)s2)cc(Br)c1O. The molecule has 0 saturated carbocycles. The molecule has 0 radical (unpaired) electrons. The molecule has 0 atom stereocenters. The van der Waals surface area contributed by atoms with Gasteiger partial charge in [-0.2, -0.15) is 5.10 Å². The number of aromatic hydroxyl groups is 1. The van der Waals surface area contributed by atoms with Crippen molar-refractivity contribution >= 4 is 74.5 Å². The second kappa shape index (κ2) is 11.7. The molecule has 31 heavy (non-hydrogen) atoms. The normalized spacial score (nSPS) is 11.1. The third kappa shape index (κ3) is 7.39. The topological polar surface area (TPSA) is 96.7 Å². The van der Waals surface area contributed by atoms with Crippen LogP contribution in [-0.4, -0.2) is 40.3 Å². The number of rotatable bonds is 9. The van der Waals surface area contributed by atoms with Crippen LogP contribution in [0.2, 0.25) is 5.02 Å². The summed E-state index contributed by atoms with van der Waals surface area (Å²) in [5.74, 6) is 0.971. The monoisotopic (exact) mass is 558 g/mol. The fourth-order valence-electron chi connectivity index (χ4n) is 2.20. The van der Waals surface area contributed by atoms with Crippen LogP contribution in [0.3, 0.4) is 0 Å². The van der Waals surface area contributed by atoms with Crippen LogP contribution in [-0.2, 0) is 10.5 Å². The molecule has 1 heterocycles. The Morgan fingerprint density at radius 2 is 2.00 bits per heavy atom. The third-order valence-corrected chi connectivity index (χ3v) is 7.78. The molecule has 0 aliphatic rings. The van der Waals surface area contributed by atoms with E-state index >= 15 is 0 Å². The molecule has 1 amide bonds. The van der Waals surface area contributed by atoms with Gasteiger partial charge in [0.05, 0.1) is 23.5 Å². The lowest BCUT2D eigenvalue weighted by Crippen LogP contribution is -2.19. The van der Waals surface area contributed by atoms with Gasteiger partial charge in [-0.1, -0.05) is 58.6 Å². The molecule has 0 aliphatic heterocycles. The molecule has 0 fully saturated rings. The number of carbonyl (C=O) groups excluding carboxylic acids is 1. The number of phenolic OH excluding ortho intramolecular Hbond substituents is 1. The van der Waals surface area contributed by atoms with Crippen LogP contribution >= 0.6 is 62.4 Å². The van der Waals surface area contributed by atoms with Gasteiger partial charge in [0, 0.05) is 10.8 Å². The van der Waals surface area contributed by atoms with E-state index in [1.807, 2.05) is 24.3 Å². The van der Waals surface area contributed by atoms with E-state index in [-0.39, 0.29) is 17.4 Å². The summed E-state index contributed by atoms with van der Waals surface area (Å²) in [6, 6.07) is 10.9. The van der Waals surface area contributed by atoms with Crippen molar-refractivity contribution in [3.8, 4) is 11.5 Å². The number of carbonyl (C=O) groups is 1. The number of phenols is 1. The van der Waals surface area contributed by atoms with E-state index in [4.69, 9.17) is 16.3 Å². The van der Waals surface area contributed by atoms with Crippen LogP contribution in [0.15, 0.2) is 54.7 Å². The summed E-state index contributed by atoms with van der Waals surface area (Å²) in [5, 5.41) is 22.7. The Labute approximate surface area is 204 Å². The molecule has 3 rings (SSSR count). The second-order valence-corrected chi connectivity index (χ2v) is 10.6. The van der Waals surface area contributed by atoms with Gasteiger partial charge >= 0.3 is 0 Å². The van der Waals surface area contributed by atoms with Crippen molar-refractivity contribution in [2.75, 3.05) is 12.9 Å². The summed E-state index contributed by atoms with van der Waals surface area (Å²) in [7, 11) is 1.45. The molecule has 1 aromatic heterocycles. The van der Waals surface area contributed by atoms with E-state index in [2.05, 4.69) is 36.7 Å². The number of hydrogen-bond acceptors (Lipinski definition) is 9. The summed E-state index contributed by atoms with van der Waals surface area (Å²) in [4.78, 5) is 12.0. The summed E-state index contributed by atoms with van der Waals surface area (Å²) < 4.78 is 7.10. The number of amides is 1. The average molecular weight is 560 g/mol. The quantitative estimate of drug-likeness (QED) is 0.211. The first-order valence-corrected chi connectivity index (χ1v) is 12.6. The first kappa shape index (κ1) is 23.9. The minimum atomic E-state index is -0.267. The molecule has 7 nitrogen and oxygen atoms in total. The number of nitrogens with one attached hydrogen (secondary N) is 1. The van der Waals surface area contributed by atoms with Crippen LogP contribution < -0.4 is 10.2 Å². The number of aromatic nitrogens is 2. The minimum absolute atomic E-state index is 0.00263. The van der Waals surface area contributed by atoms with Crippen LogP contribution in [0.4, 0.5) is 0 Å². The van der Waals surface area contributed by atoms with Crippen LogP contribution in [0.5, 0.6) is 11.5 Å². The van der Waals surface area contributed by atoms with Crippen molar-refractivity contribution in [1.82, 2.24) is 15.6 Å². The molecule has 0 bridgehead atoms. The number of hydrazone groups is 1. The Kier molecular flexibility index (Phi) is 9.02. The molecule has 0 aliphatic carbocycles. The van der Waals surface area contributed by atoms with Gasteiger partial charge in [0.15, 0.2) is 20.2 Å². The summed E-state index contributed by atoms with van der Waals surface area (Å²) in [6.07, 6.45) is 1.46. The van der Waals surface area contributed by atoms with Crippen LogP contribution in [0.25, 0.3) is 0 Å². The minimum Gasteiger partial charge on any atom is -0.503 e. The highest BCUT2D eigenvalue weighted by molar-refractivity contribution is 9.10. The fraction of sp³-hybridized carbons (Fsp3) is 0.158. The Bertz CT molecular complexity index is 1080. The van der Waals surface area contributed by atoms with E-state index in [1.54, 1.807) is 23.9 Å². The Morgan fingerprint density at radius 3 is 2.71 bits per heavy atom. The van der Waals surface area contributed by atoms with Crippen molar-refractivity contribution in [1.29, 1.82) is 0 Å². The molecule has 12 heteroatoms. The molecule has 3 aromatic rings. The molecule has 2 aromatic carbocycles. The number of hydrogen-bond donors (Lipinski definition) is 2. The molecule has 0 saturated heterocycles. The lowest BCUT2D eigenvalue weighted by atomic mass is 10.2. The van der Waals surface area contributed by atoms with E-state index in [9.17, 15) is 9.90 Å². The first-order valence-electron chi connectivity index (χ1n) is 8.66. The lowest BCUT2D eigenvalue weighted by Gasteiger charge is -2.06. The van der Waals surface area contributed by atoms with Gasteiger partial charge in [-0.15, -0.1) is 10.2 Å². The number of benzene rings is 2. The van der Waals surface area contributed by atoms with Gasteiger partial charge in [0.25, 0.3) is 5.91 Å². The van der Waals surface area contributed by atoms with Crippen molar-refractivity contribution in [2.45, 2.75) is 14.4 Å². The fourth-order valence-corrected chi connectivity index (χ4v) is 5.56. The number of ether oxygens (including phenoxy) is 1. The Morgan fingerprint density at radius 1 is 1.29 bits per heavy atom. The van der Waals surface area contributed by atoms with Gasteiger partial charge < -0.3 is 9.84 Å². The van der Waals surface area contributed by atoms with Crippen LogP contribution in [0.1, 0.15) is 11.1 Å². The van der Waals surface area contributed by atoms with E-state index in [0.717, 1.165) is 15.7 Å². The highest BCUT2D eigenvalue weighted by atomic mass is 79.9. The predicted molar refractivity (Wildman–Crippen MR) is 130 cm³/mol. The van der Waals surface area contributed by atoms with Crippen LogP contribution in [0, 0.1) is 0 Å². The van der Waals surface area contributed by atoms with Crippen molar-refractivity contribution in [3.63, 3.8) is 0 Å². The van der Waals surface area contributed by atoms with Gasteiger partial charge in [0.1, 0.15) is 0 Å². The van der Waals surface area contributed by atoms with Gasteiger partial charge in [0.2, 0.25) is 0 Å². The van der Waals surface area contributed by atoms with Crippen molar-refractivity contribution in [3.05, 3.63) is 57.0 Å². The highest BCUT2D eigenvalue weighted by Gasteiger charge is 2.10. The standard InChI is InChI=1S/C19H16BrClN4O3S3/c1-28-15-7-12(6-14(20)17(15)27)8-22-23-16(26)10-30-19-25-24-18(31-19)29-9-11-2-4-13(21)5-3-11/h2-8,27H,9-10H2,1H3,(H,23,26)/b22-8-. The highest BCUT2D eigenvalue weighted by Crippen LogP contribution is 2.34. The third-order valence-electron chi connectivity index (χ3n) is 3.66. The average Bonchev–Trinajstić information content (AvgIpc) is 3.22. The summed E-state index contributed by atoms with van der Waals surface area (Å²) in [5.41, 5.74) is 4.26. The largest absolute Gasteiger partial charge is 0.503 e. The molecule has 0 spiro atoms. The van der Waals surface area contributed by atoms with E-state index in [0.29, 0.717) is 25.1 Å². The molecular formula is C19H16BrClN4O3S3. The number of halogens is 2. The zero-order valence-electron chi connectivity index (χ0n) is 16.0. The molecule has 0 unspecified atom stereocenters. The van der Waals surface area contributed by atoms with E-state index in [1.165, 1.54) is 36.4 Å². The zero-order valence-corrected chi connectivity index (χ0v) is 20.8. The van der Waals surface area contributed by atoms with Crippen molar-refractivity contribution in [2.24, 2.45) is 5.10 Å². The Balaban J connectivity index is 1.44. The second-order valence-electron chi connectivity index (χ2n) is 5.88. The van der Waals surface area contributed by atoms with Gasteiger partial charge in [-0.3, -0.25) is 4.79 Å². The smallest absolute Gasteiger partial charge is 0.250 e. The zero-order chi connectivity index (χ0) is 22.2. The lowest BCUT2D eigenvalue weighted by molar-refractivity contribution is -0.118. The van der Waals surface area contributed by atoms with Crippen molar-refractivity contribution < 1.29 is 14.6 Å². The Hall–Kier alpha value is -1.79. The van der Waals surface area contributed by atoms with E-state index < -0.39 is 0 Å². The number of nitrogens with zero attached hydrogens (tertiary/aromatic N) is 3. The maximum Gasteiger partial charge on any atom is 0.250 e. The summed E-state index contributed by atoms with van der Waals surface area (Å²) in [6.45, 7) is 0. The molecule has 2 N–H and O–H groups in total. The number of thioether (sulfide) groups is 2. The molecule has 162 valence electrons. The number of methoxy groups -OCH3 is 1. The predicted octanol–water partition coefficient (Wildman–Crippen LogP) is 5.20. The molecular weight excluding hydrogens is 544 g/mol. The maximum absolute atomic E-state index is 12.0. The maximum atomic E-state index is 12.0.